The van der Waals surface area contributed by atoms with Gasteiger partial charge in [0.25, 0.3) is 0 Å². The Balaban J connectivity index is 1.75. The SMILES string of the molecule is COC(=O)c1ccc(NC(=O)C[C@H](c2cccc(OC)c2)n2cccc2)cc1. The zero-order valence-electron chi connectivity index (χ0n) is 15.8. The van der Waals surface area contributed by atoms with E-state index in [0.29, 0.717) is 11.3 Å². The molecule has 144 valence electrons. The lowest BCUT2D eigenvalue weighted by molar-refractivity contribution is -0.116. The van der Waals surface area contributed by atoms with Gasteiger partial charge in [-0.1, -0.05) is 12.1 Å². The van der Waals surface area contributed by atoms with E-state index in [4.69, 9.17) is 4.74 Å². The zero-order valence-corrected chi connectivity index (χ0v) is 15.8. The number of nitrogens with one attached hydrogen (secondary N) is 1. The summed E-state index contributed by atoms with van der Waals surface area (Å²) in [6.07, 6.45) is 4.12. The van der Waals surface area contributed by atoms with Crippen molar-refractivity contribution in [3.63, 3.8) is 0 Å². The number of benzene rings is 2. The molecule has 1 N–H and O–H groups in total. The van der Waals surface area contributed by atoms with Crippen LogP contribution < -0.4 is 10.1 Å². The number of esters is 1. The molecule has 0 aliphatic heterocycles. The molecule has 3 rings (SSSR count). The highest BCUT2D eigenvalue weighted by atomic mass is 16.5. The lowest BCUT2D eigenvalue weighted by Crippen LogP contribution is -2.19. The van der Waals surface area contributed by atoms with E-state index >= 15 is 0 Å². The number of rotatable bonds is 7. The summed E-state index contributed by atoms with van der Waals surface area (Å²) in [6, 6.07) is 18.0. The second kappa shape index (κ2) is 8.90. The van der Waals surface area contributed by atoms with Crippen molar-refractivity contribution in [2.45, 2.75) is 12.5 Å². The first-order valence-electron chi connectivity index (χ1n) is 8.85. The molecule has 1 heterocycles. The topological polar surface area (TPSA) is 69.6 Å². The average molecular weight is 378 g/mol. The normalized spacial score (nSPS) is 11.5. The molecule has 6 heteroatoms. The second-order valence-corrected chi connectivity index (χ2v) is 6.24. The van der Waals surface area contributed by atoms with Gasteiger partial charge in [-0.05, 0) is 54.1 Å². The third-order valence-electron chi connectivity index (χ3n) is 4.43. The maximum absolute atomic E-state index is 12.7. The molecule has 0 spiro atoms. The van der Waals surface area contributed by atoms with Crippen LogP contribution >= 0.6 is 0 Å². The third kappa shape index (κ3) is 4.59. The van der Waals surface area contributed by atoms with Crippen LogP contribution in [0.4, 0.5) is 5.69 Å². The molecule has 2 aromatic carbocycles. The van der Waals surface area contributed by atoms with Gasteiger partial charge in [-0.3, -0.25) is 4.79 Å². The minimum absolute atomic E-state index is 0.132. The maximum Gasteiger partial charge on any atom is 0.337 e. The molecule has 6 nitrogen and oxygen atoms in total. The molecule has 0 fully saturated rings. The molecular formula is C22H22N2O4. The Morgan fingerprint density at radius 2 is 1.71 bits per heavy atom. The number of hydrogen-bond acceptors (Lipinski definition) is 4. The number of carbonyl (C=O) groups is 2. The molecule has 0 saturated heterocycles. The Kier molecular flexibility index (Phi) is 6.11. The standard InChI is InChI=1S/C22H22N2O4/c1-27-19-7-5-6-17(14-19)20(24-12-3-4-13-24)15-21(25)23-18-10-8-16(9-11-18)22(26)28-2/h3-14,20H,15H2,1-2H3,(H,23,25)/t20-/m1/s1. The van der Waals surface area contributed by atoms with E-state index in [1.165, 1.54) is 7.11 Å². The van der Waals surface area contributed by atoms with Gasteiger partial charge < -0.3 is 19.4 Å². The molecule has 28 heavy (non-hydrogen) atoms. The Morgan fingerprint density at radius 3 is 2.36 bits per heavy atom. The first-order chi connectivity index (χ1) is 13.6. The minimum Gasteiger partial charge on any atom is -0.497 e. The largest absolute Gasteiger partial charge is 0.497 e. The first kappa shape index (κ1) is 19.2. The number of methoxy groups -OCH3 is 2. The monoisotopic (exact) mass is 378 g/mol. The Morgan fingerprint density at radius 1 is 1.00 bits per heavy atom. The predicted molar refractivity (Wildman–Crippen MR) is 107 cm³/mol. The van der Waals surface area contributed by atoms with Gasteiger partial charge in [0.2, 0.25) is 5.91 Å². The number of hydrogen-bond donors (Lipinski definition) is 1. The van der Waals surface area contributed by atoms with Crippen molar-refractivity contribution in [1.29, 1.82) is 0 Å². The van der Waals surface area contributed by atoms with E-state index in [0.717, 1.165) is 11.3 Å². The number of ether oxygens (including phenoxy) is 2. The summed E-state index contributed by atoms with van der Waals surface area (Å²) in [7, 11) is 2.95. The smallest absolute Gasteiger partial charge is 0.337 e. The fraction of sp³-hybridized carbons (Fsp3) is 0.182. The summed E-state index contributed by atoms with van der Waals surface area (Å²) in [5.74, 6) is 0.198. The molecule has 1 aromatic heterocycles. The van der Waals surface area contributed by atoms with Crippen molar-refractivity contribution in [3.8, 4) is 5.75 Å². The molecule has 0 unspecified atom stereocenters. The number of anilines is 1. The van der Waals surface area contributed by atoms with E-state index in [9.17, 15) is 9.59 Å². The summed E-state index contributed by atoms with van der Waals surface area (Å²) in [6.45, 7) is 0. The molecule has 3 aromatic rings. The van der Waals surface area contributed by atoms with Crippen molar-refractivity contribution in [2.24, 2.45) is 0 Å². The van der Waals surface area contributed by atoms with Gasteiger partial charge in [-0.2, -0.15) is 0 Å². The molecule has 0 aliphatic rings. The van der Waals surface area contributed by atoms with Gasteiger partial charge >= 0.3 is 5.97 Å². The molecular weight excluding hydrogens is 356 g/mol. The summed E-state index contributed by atoms with van der Waals surface area (Å²) >= 11 is 0. The van der Waals surface area contributed by atoms with E-state index < -0.39 is 5.97 Å². The molecule has 0 radical (unpaired) electrons. The van der Waals surface area contributed by atoms with Gasteiger partial charge in [-0.25, -0.2) is 4.79 Å². The highest BCUT2D eigenvalue weighted by Gasteiger charge is 2.18. The van der Waals surface area contributed by atoms with Crippen molar-refractivity contribution >= 4 is 17.6 Å². The van der Waals surface area contributed by atoms with Crippen LogP contribution in [-0.4, -0.2) is 30.7 Å². The number of amides is 1. The quantitative estimate of drug-likeness (QED) is 0.633. The van der Waals surface area contributed by atoms with Crippen LogP contribution in [0.15, 0.2) is 73.1 Å². The summed E-state index contributed by atoms with van der Waals surface area (Å²) in [4.78, 5) is 24.2. The van der Waals surface area contributed by atoms with Crippen LogP contribution in [0.3, 0.4) is 0 Å². The zero-order chi connectivity index (χ0) is 19.9. The lowest BCUT2D eigenvalue weighted by Gasteiger charge is -2.20. The maximum atomic E-state index is 12.7. The number of nitrogens with zero attached hydrogens (tertiary/aromatic N) is 1. The van der Waals surface area contributed by atoms with Crippen molar-refractivity contribution in [1.82, 2.24) is 4.57 Å². The predicted octanol–water partition coefficient (Wildman–Crippen LogP) is 3.90. The van der Waals surface area contributed by atoms with Crippen molar-refractivity contribution < 1.29 is 19.1 Å². The fourth-order valence-electron chi connectivity index (χ4n) is 2.99. The summed E-state index contributed by atoms with van der Waals surface area (Å²) in [5.41, 5.74) is 2.03. The van der Waals surface area contributed by atoms with Crippen LogP contribution in [0.25, 0.3) is 0 Å². The first-order valence-corrected chi connectivity index (χ1v) is 8.85. The Hall–Kier alpha value is -3.54. The van der Waals surface area contributed by atoms with Crippen LogP contribution in [-0.2, 0) is 9.53 Å². The van der Waals surface area contributed by atoms with Gasteiger partial charge in [0.05, 0.1) is 32.2 Å². The second-order valence-electron chi connectivity index (χ2n) is 6.24. The van der Waals surface area contributed by atoms with E-state index in [1.807, 2.05) is 53.4 Å². The molecule has 1 amide bonds. The number of carbonyl (C=O) groups excluding carboxylic acids is 2. The van der Waals surface area contributed by atoms with Crippen LogP contribution in [0, 0.1) is 0 Å². The highest BCUT2D eigenvalue weighted by molar-refractivity contribution is 5.93. The van der Waals surface area contributed by atoms with E-state index in [2.05, 4.69) is 10.1 Å². The Labute approximate surface area is 163 Å². The fourth-order valence-corrected chi connectivity index (χ4v) is 2.99. The van der Waals surface area contributed by atoms with Gasteiger partial charge in [-0.15, -0.1) is 0 Å². The van der Waals surface area contributed by atoms with Crippen LogP contribution in [0.5, 0.6) is 5.75 Å². The van der Waals surface area contributed by atoms with Crippen LogP contribution in [0.2, 0.25) is 0 Å². The molecule has 0 aliphatic carbocycles. The van der Waals surface area contributed by atoms with Gasteiger partial charge in [0.15, 0.2) is 0 Å². The minimum atomic E-state index is -0.413. The lowest BCUT2D eigenvalue weighted by atomic mass is 10.0. The van der Waals surface area contributed by atoms with Crippen molar-refractivity contribution in [2.75, 3.05) is 19.5 Å². The Bertz CT molecular complexity index is 933. The average Bonchev–Trinajstić information content (AvgIpc) is 3.26. The van der Waals surface area contributed by atoms with Crippen molar-refractivity contribution in [3.05, 3.63) is 84.2 Å². The molecule has 0 bridgehead atoms. The molecule has 0 saturated carbocycles. The molecule has 1 atom stereocenters. The third-order valence-corrected chi connectivity index (χ3v) is 4.43. The summed E-state index contributed by atoms with van der Waals surface area (Å²) < 4.78 is 12.0. The van der Waals surface area contributed by atoms with Gasteiger partial charge in [0, 0.05) is 18.1 Å². The van der Waals surface area contributed by atoms with E-state index in [-0.39, 0.29) is 18.4 Å². The van der Waals surface area contributed by atoms with Gasteiger partial charge in [0.1, 0.15) is 5.75 Å². The van der Waals surface area contributed by atoms with Crippen LogP contribution in [0.1, 0.15) is 28.4 Å². The highest BCUT2D eigenvalue weighted by Crippen LogP contribution is 2.26. The number of aromatic nitrogens is 1. The summed E-state index contributed by atoms with van der Waals surface area (Å²) in [5, 5.41) is 2.88. The van der Waals surface area contributed by atoms with E-state index in [1.54, 1.807) is 31.4 Å².